The minimum absolute atomic E-state index is 0.139. The summed E-state index contributed by atoms with van der Waals surface area (Å²) < 4.78 is 4.08. The molecule has 0 saturated carbocycles. The maximum Gasteiger partial charge on any atom is 0.0852 e. The highest BCUT2D eigenvalue weighted by atomic mass is 32.1. The molecule has 0 aliphatic carbocycles. The van der Waals surface area contributed by atoms with Crippen molar-refractivity contribution in [1.82, 2.24) is 20.0 Å². The van der Waals surface area contributed by atoms with E-state index in [4.69, 9.17) is 5.84 Å². The van der Waals surface area contributed by atoms with E-state index in [0.29, 0.717) is 5.92 Å². The summed E-state index contributed by atoms with van der Waals surface area (Å²) in [7, 11) is 0. The van der Waals surface area contributed by atoms with Crippen molar-refractivity contribution < 1.29 is 0 Å². The van der Waals surface area contributed by atoms with Gasteiger partial charge >= 0.3 is 0 Å². The van der Waals surface area contributed by atoms with Gasteiger partial charge in [-0.2, -0.15) is 0 Å². The summed E-state index contributed by atoms with van der Waals surface area (Å²) in [6.45, 7) is 4.21. The maximum atomic E-state index is 5.78. The van der Waals surface area contributed by atoms with E-state index in [1.165, 1.54) is 11.5 Å². The molecule has 0 saturated heterocycles. The average molecular weight is 299 g/mol. The van der Waals surface area contributed by atoms with Crippen LogP contribution in [0, 0.1) is 0 Å². The molecule has 3 aromatic rings. The van der Waals surface area contributed by atoms with Gasteiger partial charge in [0.05, 0.1) is 22.1 Å². The van der Waals surface area contributed by atoms with Crippen molar-refractivity contribution >= 4 is 22.4 Å². The molecule has 1 unspecified atom stereocenters. The van der Waals surface area contributed by atoms with E-state index in [1.807, 2.05) is 30.5 Å². The van der Waals surface area contributed by atoms with Gasteiger partial charge in [-0.15, -0.1) is 5.10 Å². The van der Waals surface area contributed by atoms with Gasteiger partial charge < -0.3 is 0 Å². The molecule has 0 amide bonds. The zero-order valence-corrected chi connectivity index (χ0v) is 12.8. The van der Waals surface area contributed by atoms with Gasteiger partial charge in [-0.1, -0.05) is 36.5 Å². The van der Waals surface area contributed by atoms with E-state index in [0.717, 1.165) is 27.0 Å². The van der Waals surface area contributed by atoms with Crippen LogP contribution in [0.2, 0.25) is 0 Å². The van der Waals surface area contributed by atoms with Crippen LogP contribution >= 0.6 is 11.5 Å². The van der Waals surface area contributed by atoms with Gasteiger partial charge in [-0.3, -0.25) is 10.8 Å². The molecule has 3 rings (SSSR count). The third kappa shape index (κ3) is 2.65. The molecule has 21 heavy (non-hydrogen) atoms. The highest BCUT2D eigenvalue weighted by molar-refractivity contribution is 7.05. The van der Waals surface area contributed by atoms with Crippen molar-refractivity contribution in [3.8, 4) is 0 Å². The minimum Gasteiger partial charge on any atom is -0.271 e. The SMILES string of the molecule is CC(C)c1nnsc1C(NN)c1cnc2ccccc2c1. The van der Waals surface area contributed by atoms with Crippen LogP contribution in [-0.4, -0.2) is 14.6 Å². The number of aromatic nitrogens is 3. The van der Waals surface area contributed by atoms with E-state index >= 15 is 0 Å². The summed E-state index contributed by atoms with van der Waals surface area (Å²) in [4.78, 5) is 5.55. The second kappa shape index (κ2) is 5.85. The van der Waals surface area contributed by atoms with Crippen LogP contribution in [0.3, 0.4) is 0 Å². The summed E-state index contributed by atoms with van der Waals surface area (Å²) in [6.07, 6.45) is 1.86. The van der Waals surface area contributed by atoms with Crippen molar-refractivity contribution in [2.45, 2.75) is 25.8 Å². The number of hydrogen-bond acceptors (Lipinski definition) is 6. The Labute approximate surface area is 127 Å². The number of hydrazine groups is 1. The van der Waals surface area contributed by atoms with E-state index in [2.05, 4.69) is 39.9 Å². The normalized spacial score (nSPS) is 13.0. The Bertz CT molecular complexity index is 752. The number of nitrogens with zero attached hydrogens (tertiary/aromatic N) is 3. The second-order valence-corrected chi connectivity index (χ2v) is 6.02. The molecule has 0 bridgehead atoms. The third-order valence-electron chi connectivity index (χ3n) is 3.46. The average Bonchev–Trinajstić information content (AvgIpc) is 2.97. The Morgan fingerprint density at radius 1 is 1.24 bits per heavy atom. The lowest BCUT2D eigenvalue weighted by Gasteiger charge is -2.16. The summed E-state index contributed by atoms with van der Waals surface area (Å²) in [5.74, 6) is 6.09. The molecule has 0 spiro atoms. The van der Waals surface area contributed by atoms with Gasteiger partial charge in [-0.05, 0) is 35.1 Å². The first-order valence-corrected chi connectivity index (χ1v) is 7.61. The van der Waals surface area contributed by atoms with Crippen LogP contribution < -0.4 is 11.3 Å². The number of para-hydroxylation sites is 1. The van der Waals surface area contributed by atoms with E-state index in [1.54, 1.807) is 0 Å². The van der Waals surface area contributed by atoms with Gasteiger partial charge in [0, 0.05) is 11.6 Å². The summed E-state index contributed by atoms with van der Waals surface area (Å²) in [5, 5.41) is 5.32. The Morgan fingerprint density at radius 3 is 2.81 bits per heavy atom. The fourth-order valence-electron chi connectivity index (χ4n) is 2.37. The van der Waals surface area contributed by atoms with Gasteiger partial charge in [0.15, 0.2) is 0 Å². The molecular weight excluding hydrogens is 282 g/mol. The van der Waals surface area contributed by atoms with Gasteiger partial charge in [-0.25, -0.2) is 5.43 Å². The molecule has 0 aliphatic rings. The third-order valence-corrected chi connectivity index (χ3v) is 4.27. The Hall–Kier alpha value is -1.89. The zero-order valence-electron chi connectivity index (χ0n) is 11.9. The molecule has 0 aliphatic heterocycles. The maximum absolute atomic E-state index is 5.78. The summed E-state index contributed by atoms with van der Waals surface area (Å²) in [6, 6.07) is 10.0. The molecule has 1 aromatic carbocycles. The quantitative estimate of drug-likeness (QED) is 0.572. The molecule has 5 nitrogen and oxygen atoms in total. The van der Waals surface area contributed by atoms with Gasteiger partial charge in [0.2, 0.25) is 0 Å². The van der Waals surface area contributed by atoms with Crippen LogP contribution in [0.15, 0.2) is 36.5 Å². The fraction of sp³-hybridized carbons (Fsp3) is 0.267. The molecule has 6 heteroatoms. The Morgan fingerprint density at radius 2 is 2.05 bits per heavy atom. The number of fused-ring (bicyclic) bond motifs is 1. The number of rotatable bonds is 4. The predicted molar refractivity (Wildman–Crippen MR) is 84.9 cm³/mol. The van der Waals surface area contributed by atoms with Crippen LogP contribution in [0.4, 0.5) is 0 Å². The minimum atomic E-state index is -0.139. The molecule has 2 aromatic heterocycles. The van der Waals surface area contributed by atoms with Crippen molar-refractivity contribution in [2.24, 2.45) is 5.84 Å². The highest BCUT2D eigenvalue weighted by Crippen LogP contribution is 2.31. The van der Waals surface area contributed by atoms with Crippen molar-refractivity contribution in [2.75, 3.05) is 0 Å². The molecule has 3 N–H and O–H groups in total. The number of nitrogens with two attached hydrogens (primary N) is 1. The van der Waals surface area contributed by atoms with Gasteiger partial charge in [0.25, 0.3) is 0 Å². The molecular formula is C15H17N5S. The standard InChI is InChI=1S/C15H17N5S/c1-9(2)13-15(21-20-19-13)14(18-16)11-7-10-5-3-4-6-12(10)17-8-11/h3-9,14,18H,16H2,1-2H3. The van der Waals surface area contributed by atoms with E-state index < -0.39 is 0 Å². The first-order valence-electron chi connectivity index (χ1n) is 6.83. The summed E-state index contributed by atoms with van der Waals surface area (Å²) >= 11 is 1.38. The number of pyridine rings is 1. The first kappa shape index (κ1) is 14.1. The Balaban J connectivity index is 2.07. The van der Waals surface area contributed by atoms with Crippen molar-refractivity contribution in [1.29, 1.82) is 0 Å². The van der Waals surface area contributed by atoms with Gasteiger partial charge in [0.1, 0.15) is 0 Å². The highest BCUT2D eigenvalue weighted by Gasteiger charge is 2.22. The molecule has 108 valence electrons. The Kier molecular flexibility index (Phi) is 3.92. The number of nitrogens with one attached hydrogen (secondary N) is 1. The van der Waals surface area contributed by atoms with Crippen LogP contribution in [0.25, 0.3) is 10.9 Å². The molecule has 2 heterocycles. The predicted octanol–water partition coefficient (Wildman–Crippen LogP) is 2.76. The van der Waals surface area contributed by atoms with E-state index in [9.17, 15) is 0 Å². The topological polar surface area (TPSA) is 76.7 Å². The lowest BCUT2D eigenvalue weighted by atomic mass is 10.0. The second-order valence-electron chi connectivity index (χ2n) is 5.24. The van der Waals surface area contributed by atoms with Crippen LogP contribution in [0.5, 0.6) is 0 Å². The summed E-state index contributed by atoms with van der Waals surface area (Å²) in [5.41, 5.74) is 5.85. The lowest BCUT2D eigenvalue weighted by Crippen LogP contribution is -2.29. The lowest BCUT2D eigenvalue weighted by molar-refractivity contribution is 0.630. The fourth-order valence-corrected chi connectivity index (χ4v) is 3.27. The van der Waals surface area contributed by atoms with Crippen molar-refractivity contribution in [3.63, 3.8) is 0 Å². The van der Waals surface area contributed by atoms with E-state index in [-0.39, 0.29) is 6.04 Å². The number of benzene rings is 1. The number of hydrogen-bond donors (Lipinski definition) is 2. The molecule has 0 radical (unpaired) electrons. The smallest absolute Gasteiger partial charge is 0.0852 e. The van der Waals surface area contributed by atoms with Crippen LogP contribution in [0.1, 0.15) is 41.9 Å². The largest absolute Gasteiger partial charge is 0.271 e. The molecule has 1 atom stereocenters. The molecule has 0 fully saturated rings. The monoisotopic (exact) mass is 299 g/mol. The van der Waals surface area contributed by atoms with Crippen LogP contribution in [-0.2, 0) is 0 Å². The van der Waals surface area contributed by atoms with Crippen molar-refractivity contribution in [3.05, 3.63) is 52.7 Å². The first-order chi connectivity index (χ1) is 10.2. The zero-order chi connectivity index (χ0) is 14.8.